The van der Waals surface area contributed by atoms with Gasteiger partial charge in [0.25, 0.3) is 0 Å². The Morgan fingerprint density at radius 1 is 1.33 bits per heavy atom. The minimum Gasteiger partial charge on any atom is -0.463 e. The third-order valence-electron chi connectivity index (χ3n) is 4.22. The van der Waals surface area contributed by atoms with E-state index in [4.69, 9.17) is 4.74 Å². The summed E-state index contributed by atoms with van der Waals surface area (Å²) in [7, 11) is 0. The molecule has 3 rings (SSSR count). The second kappa shape index (κ2) is 3.62. The minimum atomic E-state index is -4.42. The highest BCUT2D eigenvalue weighted by Crippen LogP contribution is 2.64. The molecular formula is C13H13F3O2. The molecule has 0 radical (unpaired) electrons. The van der Waals surface area contributed by atoms with Crippen molar-refractivity contribution in [2.24, 2.45) is 23.7 Å². The van der Waals surface area contributed by atoms with Crippen LogP contribution in [0.1, 0.15) is 13.3 Å². The molecule has 1 fully saturated rings. The number of hydrogen-bond donors (Lipinski definition) is 0. The van der Waals surface area contributed by atoms with Crippen molar-refractivity contribution in [1.82, 2.24) is 0 Å². The highest BCUT2D eigenvalue weighted by atomic mass is 19.4. The number of halogens is 3. The van der Waals surface area contributed by atoms with Gasteiger partial charge < -0.3 is 4.74 Å². The molecule has 0 spiro atoms. The fourth-order valence-electron chi connectivity index (χ4n) is 3.67. The number of allylic oxidation sites excluding steroid dienone is 3. The van der Waals surface area contributed by atoms with Crippen molar-refractivity contribution in [2.75, 3.05) is 6.61 Å². The average Bonchev–Trinajstić information content (AvgIpc) is 2.72. The van der Waals surface area contributed by atoms with Gasteiger partial charge in [-0.1, -0.05) is 12.2 Å². The van der Waals surface area contributed by atoms with Crippen LogP contribution in [-0.4, -0.2) is 18.8 Å². The SMILES string of the molecule is CCOC(=O)C1=C(C(F)(F)F)[C@H]2[C@@H]1[C@@H]1C=C[C@H]2C1. The summed E-state index contributed by atoms with van der Waals surface area (Å²) in [6, 6.07) is 0. The van der Waals surface area contributed by atoms with Gasteiger partial charge >= 0.3 is 12.1 Å². The molecule has 5 heteroatoms. The molecule has 18 heavy (non-hydrogen) atoms. The molecule has 0 saturated heterocycles. The van der Waals surface area contributed by atoms with E-state index in [1.165, 1.54) is 0 Å². The first-order chi connectivity index (χ1) is 8.45. The summed E-state index contributed by atoms with van der Waals surface area (Å²) in [4.78, 5) is 11.7. The number of esters is 1. The standard InChI is InChI=1S/C13H13F3O2/c1-2-18-12(17)10-8-6-3-4-7(5-6)9(8)11(10)13(14,15)16/h3-4,6-9H,2,5H2,1H3/t6-,7+,8+,9-/m1/s1. The van der Waals surface area contributed by atoms with Gasteiger partial charge in [0, 0.05) is 23.0 Å². The van der Waals surface area contributed by atoms with Gasteiger partial charge in [0.15, 0.2) is 0 Å². The normalized spacial score (nSPS) is 36.7. The molecule has 0 aromatic heterocycles. The predicted octanol–water partition coefficient (Wildman–Crippen LogP) is 2.86. The van der Waals surface area contributed by atoms with Crippen molar-refractivity contribution in [1.29, 1.82) is 0 Å². The van der Waals surface area contributed by atoms with Gasteiger partial charge in [-0.2, -0.15) is 13.2 Å². The van der Waals surface area contributed by atoms with Crippen LogP contribution in [0.25, 0.3) is 0 Å². The lowest BCUT2D eigenvalue weighted by Gasteiger charge is -2.42. The third-order valence-corrected chi connectivity index (χ3v) is 4.22. The van der Waals surface area contributed by atoms with Crippen LogP contribution in [-0.2, 0) is 9.53 Å². The van der Waals surface area contributed by atoms with Gasteiger partial charge in [-0.15, -0.1) is 0 Å². The summed E-state index contributed by atoms with van der Waals surface area (Å²) < 4.78 is 43.8. The van der Waals surface area contributed by atoms with Gasteiger partial charge in [0.1, 0.15) is 0 Å². The van der Waals surface area contributed by atoms with Crippen LogP contribution in [0, 0.1) is 23.7 Å². The van der Waals surface area contributed by atoms with E-state index < -0.39 is 23.6 Å². The lowest BCUT2D eigenvalue weighted by atomic mass is 9.62. The molecule has 3 aliphatic rings. The van der Waals surface area contributed by atoms with Gasteiger partial charge in [-0.25, -0.2) is 4.79 Å². The zero-order chi connectivity index (χ0) is 13.1. The summed E-state index contributed by atoms with van der Waals surface area (Å²) >= 11 is 0. The number of carbonyl (C=O) groups is 1. The molecule has 0 aromatic rings. The predicted molar refractivity (Wildman–Crippen MR) is 57.4 cm³/mol. The van der Waals surface area contributed by atoms with Crippen LogP contribution in [0.5, 0.6) is 0 Å². The second-order valence-electron chi connectivity index (χ2n) is 5.05. The second-order valence-corrected chi connectivity index (χ2v) is 5.05. The summed E-state index contributed by atoms with van der Waals surface area (Å²) in [6.07, 6.45) is 0.122. The molecule has 1 saturated carbocycles. The number of carbonyl (C=O) groups excluding carboxylic acids is 1. The van der Waals surface area contributed by atoms with Crippen LogP contribution in [0.3, 0.4) is 0 Å². The third kappa shape index (κ3) is 1.39. The maximum atomic E-state index is 13.0. The average molecular weight is 258 g/mol. The van der Waals surface area contributed by atoms with Crippen LogP contribution in [0.4, 0.5) is 13.2 Å². The van der Waals surface area contributed by atoms with Crippen LogP contribution in [0.15, 0.2) is 23.3 Å². The largest absolute Gasteiger partial charge is 0.463 e. The number of hydrogen-bond acceptors (Lipinski definition) is 2. The van der Waals surface area contributed by atoms with E-state index >= 15 is 0 Å². The first-order valence-corrected chi connectivity index (χ1v) is 6.11. The van der Waals surface area contributed by atoms with Gasteiger partial charge in [0.2, 0.25) is 0 Å². The number of alkyl halides is 3. The van der Waals surface area contributed by atoms with E-state index in [-0.39, 0.29) is 29.9 Å². The van der Waals surface area contributed by atoms with Crippen molar-refractivity contribution < 1.29 is 22.7 Å². The zero-order valence-corrected chi connectivity index (χ0v) is 9.83. The fraction of sp³-hybridized carbons (Fsp3) is 0.615. The molecule has 0 aliphatic heterocycles. The van der Waals surface area contributed by atoms with Crippen molar-refractivity contribution in [3.05, 3.63) is 23.3 Å². The molecule has 0 N–H and O–H groups in total. The van der Waals surface area contributed by atoms with E-state index in [0.29, 0.717) is 0 Å². The molecule has 0 amide bonds. The summed E-state index contributed by atoms with van der Waals surface area (Å²) in [5.74, 6) is -1.53. The van der Waals surface area contributed by atoms with Crippen molar-refractivity contribution in [2.45, 2.75) is 19.5 Å². The van der Waals surface area contributed by atoms with Crippen LogP contribution < -0.4 is 0 Å². The van der Waals surface area contributed by atoms with Gasteiger partial charge in [-0.05, 0) is 25.2 Å². The Labute approximate surface area is 102 Å². The number of fused-ring (bicyclic) bond motifs is 5. The lowest BCUT2D eigenvalue weighted by molar-refractivity contribution is -0.144. The maximum Gasteiger partial charge on any atom is 0.413 e. The molecular weight excluding hydrogens is 245 g/mol. The van der Waals surface area contributed by atoms with Crippen LogP contribution >= 0.6 is 0 Å². The molecule has 98 valence electrons. The Morgan fingerprint density at radius 2 is 1.94 bits per heavy atom. The zero-order valence-electron chi connectivity index (χ0n) is 9.83. The lowest BCUT2D eigenvalue weighted by Crippen LogP contribution is -2.43. The molecule has 3 aliphatic carbocycles. The fourth-order valence-corrected chi connectivity index (χ4v) is 3.67. The molecule has 2 nitrogen and oxygen atoms in total. The highest BCUT2D eigenvalue weighted by Gasteiger charge is 2.63. The Bertz CT molecular complexity index is 461. The van der Waals surface area contributed by atoms with E-state index in [2.05, 4.69) is 0 Å². The van der Waals surface area contributed by atoms with Crippen molar-refractivity contribution >= 4 is 5.97 Å². The molecule has 0 unspecified atom stereocenters. The molecule has 4 atom stereocenters. The Balaban J connectivity index is 1.99. The summed E-state index contributed by atoms with van der Waals surface area (Å²) in [6.45, 7) is 1.71. The molecule has 0 aromatic carbocycles. The number of ether oxygens (including phenoxy) is 1. The number of rotatable bonds is 2. The first kappa shape index (κ1) is 11.8. The van der Waals surface area contributed by atoms with Gasteiger partial charge in [0.05, 0.1) is 6.61 Å². The summed E-state index contributed by atoms with van der Waals surface area (Å²) in [5, 5.41) is 0. The van der Waals surface area contributed by atoms with Gasteiger partial charge in [-0.3, -0.25) is 0 Å². The van der Waals surface area contributed by atoms with Crippen LogP contribution in [0.2, 0.25) is 0 Å². The minimum absolute atomic E-state index is 0.0465. The topological polar surface area (TPSA) is 26.3 Å². The summed E-state index contributed by atoms with van der Waals surface area (Å²) in [5.41, 5.74) is -0.756. The van der Waals surface area contributed by atoms with E-state index in [1.54, 1.807) is 6.92 Å². The molecule has 2 bridgehead atoms. The highest BCUT2D eigenvalue weighted by molar-refractivity contribution is 5.93. The Kier molecular flexibility index (Phi) is 2.37. The first-order valence-electron chi connectivity index (χ1n) is 6.11. The monoisotopic (exact) mass is 258 g/mol. The molecule has 0 heterocycles. The maximum absolute atomic E-state index is 13.0. The Morgan fingerprint density at radius 3 is 2.50 bits per heavy atom. The Hall–Kier alpha value is -1.26. The van der Waals surface area contributed by atoms with Crippen molar-refractivity contribution in [3.8, 4) is 0 Å². The van der Waals surface area contributed by atoms with E-state index in [1.807, 2.05) is 12.2 Å². The van der Waals surface area contributed by atoms with E-state index in [0.717, 1.165) is 6.42 Å². The van der Waals surface area contributed by atoms with Crippen molar-refractivity contribution in [3.63, 3.8) is 0 Å². The van der Waals surface area contributed by atoms with E-state index in [9.17, 15) is 18.0 Å². The smallest absolute Gasteiger partial charge is 0.413 e. The quantitative estimate of drug-likeness (QED) is 0.562.